The lowest BCUT2D eigenvalue weighted by Gasteiger charge is -2.39. The lowest BCUT2D eigenvalue weighted by Crippen LogP contribution is -2.60. The van der Waals surface area contributed by atoms with E-state index >= 15 is 0 Å². The van der Waals surface area contributed by atoms with Crippen LogP contribution in [0.25, 0.3) is 0 Å². The molecule has 0 saturated carbocycles. The van der Waals surface area contributed by atoms with Gasteiger partial charge in [-0.2, -0.15) is 0 Å². The highest BCUT2D eigenvalue weighted by Crippen LogP contribution is 2.30. The molecule has 8 nitrogen and oxygen atoms in total. The summed E-state index contributed by atoms with van der Waals surface area (Å²) in [6.45, 7) is -0.362. The summed E-state index contributed by atoms with van der Waals surface area (Å²) in [4.78, 5) is 12.0. The van der Waals surface area contributed by atoms with Crippen LogP contribution in [0.5, 0.6) is 11.5 Å². The molecule has 0 bridgehead atoms. The Morgan fingerprint density at radius 1 is 0.926 bits per heavy atom. The third-order valence-corrected chi connectivity index (χ3v) is 4.17. The molecule has 1 saturated heterocycles. The molecule has 1 aliphatic heterocycles. The number of para-hydroxylation sites is 2. The van der Waals surface area contributed by atoms with Crippen molar-refractivity contribution in [3.63, 3.8) is 0 Å². The number of carbonyl (C=O) groups excluding carboxylic acids is 1. The van der Waals surface area contributed by atoms with Gasteiger partial charge in [0.25, 0.3) is 0 Å². The molecule has 5 unspecified atom stereocenters. The second kappa shape index (κ2) is 8.36. The van der Waals surface area contributed by atoms with Crippen LogP contribution in [-0.4, -0.2) is 63.7 Å². The normalized spacial score (nSPS) is 27.7. The fraction of sp³-hybridized carbons (Fsp3) is 0.316. The number of ether oxygens (including phenoxy) is 3. The zero-order valence-electron chi connectivity index (χ0n) is 14.2. The Kier molecular flexibility index (Phi) is 5.92. The second-order valence-electron chi connectivity index (χ2n) is 6.06. The summed E-state index contributed by atoms with van der Waals surface area (Å²) < 4.78 is 16.0. The summed E-state index contributed by atoms with van der Waals surface area (Å²) in [5, 5.41) is 40.0. The molecule has 4 N–H and O–H groups in total. The average Bonchev–Trinajstić information content (AvgIpc) is 2.69. The van der Waals surface area contributed by atoms with Gasteiger partial charge in [0.2, 0.25) is 6.29 Å². The maximum absolute atomic E-state index is 12.0. The first-order valence-corrected chi connectivity index (χ1v) is 8.34. The van der Waals surface area contributed by atoms with Crippen molar-refractivity contribution in [1.29, 1.82) is 0 Å². The first-order chi connectivity index (χ1) is 13.0. The molecule has 2 aromatic carbocycles. The molecule has 1 fully saturated rings. The molecule has 0 aliphatic carbocycles. The van der Waals surface area contributed by atoms with Gasteiger partial charge >= 0.3 is 5.97 Å². The van der Waals surface area contributed by atoms with Crippen molar-refractivity contribution in [2.24, 2.45) is 0 Å². The van der Waals surface area contributed by atoms with E-state index in [4.69, 9.17) is 14.2 Å². The van der Waals surface area contributed by atoms with Crippen LogP contribution in [0.2, 0.25) is 0 Å². The predicted molar refractivity (Wildman–Crippen MR) is 92.1 cm³/mol. The van der Waals surface area contributed by atoms with Gasteiger partial charge < -0.3 is 34.6 Å². The molecule has 1 aliphatic rings. The molecular weight excluding hydrogens is 356 g/mol. The zero-order valence-corrected chi connectivity index (χ0v) is 14.2. The van der Waals surface area contributed by atoms with Crippen molar-refractivity contribution in [1.82, 2.24) is 0 Å². The monoisotopic (exact) mass is 376 g/mol. The minimum absolute atomic E-state index is 0.0326. The first kappa shape index (κ1) is 19.1. The maximum atomic E-state index is 12.0. The van der Waals surface area contributed by atoms with Crippen molar-refractivity contribution in [2.45, 2.75) is 30.7 Å². The highest BCUT2D eigenvalue weighted by atomic mass is 16.7. The van der Waals surface area contributed by atoms with Gasteiger partial charge in [-0.05, 0) is 24.3 Å². The van der Waals surface area contributed by atoms with Crippen LogP contribution in [-0.2, 0) is 9.47 Å². The summed E-state index contributed by atoms with van der Waals surface area (Å²) in [5.74, 6) is -0.767. The Labute approximate surface area is 155 Å². The molecule has 0 aromatic heterocycles. The summed E-state index contributed by atoms with van der Waals surface area (Å²) in [6, 6.07) is 14.3. The van der Waals surface area contributed by atoms with Gasteiger partial charge in [-0.3, -0.25) is 0 Å². The van der Waals surface area contributed by atoms with Gasteiger partial charge in [-0.1, -0.05) is 30.3 Å². The van der Waals surface area contributed by atoms with Crippen LogP contribution in [0.4, 0.5) is 0 Å². The predicted octanol–water partition coefficient (Wildman–Crippen LogP) is 0.436. The molecular formula is C19H20O8. The summed E-state index contributed by atoms with van der Waals surface area (Å²) in [7, 11) is 0. The number of hydrogen-bond acceptors (Lipinski definition) is 8. The van der Waals surface area contributed by atoms with Crippen molar-refractivity contribution in [3.05, 3.63) is 60.2 Å². The topological polar surface area (TPSA) is 126 Å². The van der Waals surface area contributed by atoms with Crippen LogP contribution in [0.3, 0.4) is 0 Å². The van der Waals surface area contributed by atoms with E-state index < -0.39 is 36.7 Å². The standard InChI is InChI=1S/C19H20O8/c20-12-8-4-5-9-13(12)26-19-17(23)16(22)15(21)14(27-19)10-25-18(24)11-6-2-1-3-7-11/h1-9,14-17,19-23H,10H2. The third-order valence-electron chi connectivity index (χ3n) is 4.17. The fourth-order valence-electron chi connectivity index (χ4n) is 2.65. The second-order valence-corrected chi connectivity index (χ2v) is 6.06. The van der Waals surface area contributed by atoms with E-state index in [0.717, 1.165) is 0 Å². The van der Waals surface area contributed by atoms with E-state index in [1.54, 1.807) is 42.5 Å². The zero-order chi connectivity index (χ0) is 19.4. The number of aliphatic hydroxyl groups excluding tert-OH is 3. The van der Waals surface area contributed by atoms with Gasteiger partial charge in [0.1, 0.15) is 31.0 Å². The molecule has 0 amide bonds. The number of rotatable bonds is 5. The number of carbonyl (C=O) groups is 1. The quantitative estimate of drug-likeness (QED) is 0.554. The minimum atomic E-state index is -1.59. The van der Waals surface area contributed by atoms with E-state index in [-0.39, 0.29) is 18.1 Å². The van der Waals surface area contributed by atoms with Gasteiger partial charge in [-0.15, -0.1) is 0 Å². The summed E-state index contributed by atoms with van der Waals surface area (Å²) >= 11 is 0. The van der Waals surface area contributed by atoms with Crippen LogP contribution < -0.4 is 4.74 Å². The number of esters is 1. The van der Waals surface area contributed by atoms with Crippen LogP contribution in [0.15, 0.2) is 54.6 Å². The van der Waals surface area contributed by atoms with Gasteiger partial charge in [-0.25, -0.2) is 4.79 Å². The number of phenolic OH excluding ortho intramolecular Hbond substituents is 1. The van der Waals surface area contributed by atoms with Crippen LogP contribution in [0, 0.1) is 0 Å². The first-order valence-electron chi connectivity index (χ1n) is 8.34. The molecule has 5 atom stereocenters. The SMILES string of the molecule is O=C(OCC1OC(Oc2ccccc2O)C(O)C(O)C1O)c1ccccc1. The van der Waals surface area contributed by atoms with Gasteiger partial charge in [0.15, 0.2) is 11.5 Å². The Morgan fingerprint density at radius 2 is 1.59 bits per heavy atom. The highest BCUT2D eigenvalue weighted by molar-refractivity contribution is 5.89. The van der Waals surface area contributed by atoms with Crippen molar-refractivity contribution in [2.75, 3.05) is 6.61 Å². The maximum Gasteiger partial charge on any atom is 0.338 e. The smallest absolute Gasteiger partial charge is 0.338 e. The van der Waals surface area contributed by atoms with Gasteiger partial charge in [0, 0.05) is 0 Å². The molecule has 8 heteroatoms. The van der Waals surface area contributed by atoms with Gasteiger partial charge in [0.05, 0.1) is 5.56 Å². The molecule has 27 heavy (non-hydrogen) atoms. The highest BCUT2D eigenvalue weighted by Gasteiger charge is 2.45. The van der Waals surface area contributed by atoms with Crippen molar-refractivity contribution >= 4 is 5.97 Å². The van der Waals surface area contributed by atoms with E-state index in [9.17, 15) is 25.2 Å². The number of aromatic hydroxyl groups is 1. The Balaban J connectivity index is 1.66. The number of phenols is 1. The summed E-state index contributed by atoms with van der Waals surface area (Å²) in [6.07, 6.45) is -7.16. The lowest BCUT2D eigenvalue weighted by molar-refractivity contribution is -0.277. The Hall–Kier alpha value is -2.65. The third kappa shape index (κ3) is 4.37. The number of aliphatic hydroxyl groups is 3. The molecule has 0 spiro atoms. The Bertz CT molecular complexity index is 765. The van der Waals surface area contributed by atoms with E-state index in [1.165, 1.54) is 12.1 Å². The Morgan fingerprint density at radius 3 is 2.30 bits per heavy atom. The minimum Gasteiger partial charge on any atom is -0.504 e. The molecule has 144 valence electrons. The average molecular weight is 376 g/mol. The lowest BCUT2D eigenvalue weighted by atomic mass is 9.99. The molecule has 1 heterocycles. The van der Waals surface area contributed by atoms with Crippen LogP contribution >= 0.6 is 0 Å². The summed E-state index contributed by atoms with van der Waals surface area (Å²) in [5.41, 5.74) is 0.324. The molecule has 2 aromatic rings. The number of hydrogen-bond donors (Lipinski definition) is 4. The van der Waals surface area contributed by atoms with Crippen molar-refractivity contribution in [3.8, 4) is 11.5 Å². The fourth-order valence-corrected chi connectivity index (χ4v) is 2.65. The molecule has 0 radical (unpaired) electrons. The van der Waals surface area contributed by atoms with E-state index in [2.05, 4.69) is 0 Å². The van der Waals surface area contributed by atoms with E-state index in [0.29, 0.717) is 5.56 Å². The van der Waals surface area contributed by atoms with Crippen LogP contribution in [0.1, 0.15) is 10.4 Å². The largest absolute Gasteiger partial charge is 0.504 e. The van der Waals surface area contributed by atoms with Crippen molar-refractivity contribution < 1.29 is 39.4 Å². The molecule has 3 rings (SSSR count). The van der Waals surface area contributed by atoms with E-state index in [1.807, 2.05) is 0 Å². The number of benzene rings is 2.